The molecule has 0 radical (unpaired) electrons. The highest BCUT2D eigenvalue weighted by Crippen LogP contribution is 2.51. The molecule has 50 heavy (non-hydrogen) atoms. The third kappa shape index (κ3) is 4.54. The summed E-state index contributed by atoms with van der Waals surface area (Å²) in [4.78, 5) is 10.1. The molecule has 1 aliphatic rings. The van der Waals surface area contributed by atoms with Gasteiger partial charge >= 0.3 is 0 Å². The van der Waals surface area contributed by atoms with Crippen molar-refractivity contribution in [1.29, 1.82) is 0 Å². The van der Waals surface area contributed by atoms with Gasteiger partial charge in [-0.15, -0.1) is 0 Å². The fourth-order valence-electron chi connectivity index (χ4n) is 7.30. The van der Waals surface area contributed by atoms with E-state index in [1.54, 1.807) is 0 Å². The van der Waals surface area contributed by atoms with E-state index in [0.29, 0.717) is 5.82 Å². The minimum absolute atomic E-state index is 0.685. The van der Waals surface area contributed by atoms with E-state index >= 15 is 0 Å². The van der Waals surface area contributed by atoms with E-state index in [1.807, 2.05) is 42.5 Å². The van der Waals surface area contributed by atoms with Crippen LogP contribution in [0, 0.1) is 0 Å². The second-order valence-corrected chi connectivity index (χ2v) is 12.6. The van der Waals surface area contributed by atoms with E-state index in [2.05, 4.69) is 138 Å². The van der Waals surface area contributed by atoms with Crippen molar-refractivity contribution in [3.8, 4) is 73.3 Å². The van der Waals surface area contributed by atoms with E-state index < -0.39 is 0 Å². The highest BCUT2D eigenvalue weighted by Gasteiger charge is 2.26. The quantitative estimate of drug-likeness (QED) is 0.192. The lowest BCUT2D eigenvalue weighted by Gasteiger charge is -2.15. The van der Waals surface area contributed by atoms with Crippen molar-refractivity contribution in [2.24, 2.45) is 0 Å². The summed E-state index contributed by atoms with van der Waals surface area (Å²) in [7, 11) is 0. The minimum atomic E-state index is 0.685. The summed E-state index contributed by atoms with van der Waals surface area (Å²) in [5.74, 6) is 2.39. The average Bonchev–Trinajstić information content (AvgIpc) is 3.46. The molecule has 0 saturated carbocycles. The molecule has 0 spiro atoms. The Morgan fingerprint density at radius 1 is 0.420 bits per heavy atom. The summed E-state index contributed by atoms with van der Waals surface area (Å²) in [5, 5.41) is 2.32. The lowest BCUT2D eigenvalue weighted by atomic mass is 9.94. The van der Waals surface area contributed by atoms with Gasteiger partial charge in [0.1, 0.15) is 5.75 Å². The maximum absolute atomic E-state index is 6.95. The first-order chi connectivity index (χ1) is 24.8. The van der Waals surface area contributed by atoms with Gasteiger partial charge in [0.25, 0.3) is 0 Å². The first-order valence-corrected chi connectivity index (χ1v) is 16.8. The molecular formula is C46H29N3O. The zero-order chi connectivity index (χ0) is 33.0. The summed E-state index contributed by atoms with van der Waals surface area (Å²) in [5.41, 5.74) is 12.5. The van der Waals surface area contributed by atoms with E-state index in [0.717, 1.165) is 78.4 Å². The number of hydrogen-bond donors (Lipinski definition) is 0. The smallest absolute Gasteiger partial charge is 0.160 e. The Hall–Kier alpha value is -6.78. The molecule has 10 rings (SSSR count). The number of nitrogens with zero attached hydrogens (tertiary/aromatic N) is 3. The summed E-state index contributed by atoms with van der Waals surface area (Å²) in [6.07, 6.45) is 0. The van der Waals surface area contributed by atoms with Crippen molar-refractivity contribution in [2.45, 2.75) is 0 Å². The number of para-hydroxylation sites is 2. The molecule has 4 heteroatoms. The van der Waals surface area contributed by atoms with Crippen LogP contribution in [0.25, 0.3) is 83.6 Å². The molecule has 9 aromatic rings. The Morgan fingerprint density at radius 3 is 1.70 bits per heavy atom. The summed E-state index contributed by atoms with van der Waals surface area (Å²) in [6, 6.07) is 61.2. The van der Waals surface area contributed by atoms with Gasteiger partial charge in [0.2, 0.25) is 0 Å². The number of fused-ring (bicyclic) bond motifs is 9. The number of hydrogen-bond acceptors (Lipinski definition) is 3. The zero-order valence-electron chi connectivity index (χ0n) is 27.0. The van der Waals surface area contributed by atoms with Crippen LogP contribution in [-0.2, 0) is 0 Å². The lowest BCUT2D eigenvalue weighted by molar-refractivity contribution is 0.491. The van der Waals surface area contributed by atoms with Crippen LogP contribution >= 0.6 is 0 Å². The highest BCUT2D eigenvalue weighted by atomic mass is 16.5. The molecule has 3 heterocycles. The molecule has 0 atom stereocenters. The zero-order valence-corrected chi connectivity index (χ0v) is 27.0. The lowest BCUT2D eigenvalue weighted by Crippen LogP contribution is -1.98. The molecule has 2 aromatic heterocycles. The maximum atomic E-state index is 6.95. The fourth-order valence-corrected chi connectivity index (χ4v) is 7.30. The molecule has 0 unspecified atom stereocenters. The van der Waals surface area contributed by atoms with Crippen LogP contribution in [0.3, 0.4) is 0 Å². The third-order valence-electron chi connectivity index (χ3n) is 9.65. The first-order valence-electron chi connectivity index (χ1n) is 16.8. The van der Waals surface area contributed by atoms with Crippen LogP contribution < -0.4 is 4.74 Å². The Kier molecular flexibility index (Phi) is 6.46. The SMILES string of the molecule is c1ccc(-c2cc(-c3ccccc3)nc(-c3ccc(-n4c5ccccc5c5ccc6c(c54)Oc4ccccc4-c4ccccc4-6)cc3)n2)cc1. The normalized spacial score (nSPS) is 11.8. The Balaban J connectivity index is 1.17. The highest BCUT2D eigenvalue weighted by molar-refractivity contribution is 6.14. The first kappa shape index (κ1) is 28.3. The Labute approximate surface area is 289 Å². The van der Waals surface area contributed by atoms with Gasteiger partial charge in [0, 0.05) is 44.3 Å². The monoisotopic (exact) mass is 639 g/mol. The van der Waals surface area contributed by atoms with Gasteiger partial charge in [-0.2, -0.15) is 0 Å². The van der Waals surface area contributed by atoms with Crippen molar-refractivity contribution in [2.75, 3.05) is 0 Å². The molecule has 0 bridgehead atoms. The molecule has 7 aromatic carbocycles. The number of rotatable bonds is 4. The van der Waals surface area contributed by atoms with E-state index in [1.165, 1.54) is 10.9 Å². The molecule has 0 fully saturated rings. The number of ether oxygens (including phenoxy) is 1. The van der Waals surface area contributed by atoms with Crippen molar-refractivity contribution >= 4 is 21.8 Å². The van der Waals surface area contributed by atoms with Crippen LogP contribution in [0.2, 0.25) is 0 Å². The van der Waals surface area contributed by atoms with Crippen molar-refractivity contribution < 1.29 is 4.74 Å². The van der Waals surface area contributed by atoms with E-state index in [-0.39, 0.29) is 0 Å². The molecular weight excluding hydrogens is 611 g/mol. The Bertz CT molecular complexity index is 2660. The van der Waals surface area contributed by atoms with Gasteiger partial charge in [-0.25, -0.2) is 9.97 Å². The topological polar surface area (TPSA) is 39.9 Å². The minimum Gasteiger partial charge on any atom is -0.454 e. The van der Waals surface area contributed by atoms with Crippen LogP contribution in [0.4, 0.5) is 0 Å². The number of aromatic nitrogens is 3. The van der Waals surface area contributed by atoms with Crippen LogP contribution in [0.15, 0.2) is 176 Å². The summed E-state index contributed by atoms with van der Waals surface area (Å²) < 4.78 is 9.29. The van der Waals surface area contributed by atoms with Gasteiger partial charge in [-0.05, 0) is 59.7 Å². The van der Waals surface area contributed by atoms with E-state index in [9.17, 15) is 0 Å². The maximum Gasteiger partial charge on any atom is 0.160 e. The fraction of sp³-hybridized carbons (Fsp3) is 0. The largest absolute Gasteiger partial charge is 0.454 e. The van der Waals surface area contributed by atoms with Crippen molar-refractivity contribution in [1.82, 2.24) is 14.5 Å². The third-order valence-corrected chi connectivity index (χ3v) is 9.65. The number of benzene rings is 7. The second kappa shape index (κ2) is 11.4. The van der Waals surface area contributed by atoms with Crippen LogP contribution in [0.5, 0.6) is 11.5 Å². The van der Waals surface area contributed by atoms with E-state index in [4.69, 9.17) is 14.7 Å². The molecule has 0 N–H and O–H groups in total. The predicted octanol–water partition coefficient (Wildman–Crippen LogP) is 12.0. The summed E-state index contributed by atoms with van der Waals surface area (Å²) in [6.45, 7) is 0. The average molecular weight is 640 g/mol. The van der Waals surface area contributed by atoms with Crippen molar-refractivity contribution in [3.05, 3.63) is 176 Å². The van der Waals surface area contributed by atoms with Gasteiger partial charge in [-0.1, -0.05) is 127 Å². The van der Waals surface area contributed by atoms with Gasteiger partial charge in [0.15, 0.2) is 11.6 Å². The molecule has 0 amide bonds. The standard InChI is InChI=1S/C46H29N3O/c1-3-13-30(14-4-1)40-29-41(31-15-5-2-6-16-31)48-46(47-40)32-23-25-33(26-24-32)49-42-21-11-9-19-36(42)38-27-28-39-35-18-8-7-17-34(35)37-20-10-12-22-43(37)50-45(39)44(38)49/h1-29H. The molecule has 0 saturated heterocycles. The molecule has 4 nitrogen and oxygen atoms in total. The Morgan fingerprint density at radius 2 is 1.00 bits per heavy atom. The summed E-state index contributed by atoms with van der Waals surface area (Å²) >= 11 is 0. The van der Waals surface area contributed by atoms with Crippen LogP contribution in [-0.4, -0.2) is 14.5 Å². The van der Waals surface area contributed by atoms with Crippen molar-refractivity contribution in [3.63, 3.8) is 0 Å². The second-order valence-electron chi connectivity index (χ2n) is 12.6. The van der Waals surface area contributed by atoms with Gasteiger partial charge < -0.3 is 9.30 Å². The molecule has 234 valence electrons. The predicted molar refractivity (Wildman–Crippen MR) is 204 cm³/mol. The molecule has 0 aliphatic carbocycles. The molecule has 1 aliphatic heterocycles. The van der Waals surface area contributed by atoms with Crippen LogP contribution in [0.1, 0.15) is 0 Å². The van der Waals surface area contributed by atoms with Gasteiger partial charge in [-0.3, -0.25) is 0 Å². The van der Waals surface area contributed by atoms with Gasteiger partial charge in [0.05, 0.1) is 22.4 Å².